The molecule has 4 aromatic rings. The van der Waals surface area contributed by atoms with Gasteiger partial charge in [-0.3, -0.25) is 9.88 Å². The number of aryl methyl sites for hydroxylation is 1. The first-order chi connectivity index (χ1) is 20.1. The van der Waals surface area contributed by atoms with Crippen LogP contribution in [0.3, 0.4) is 0 Å². The molecule has 2 aromatic carbocycles. The third-order valence-electron chi connectivity index (χ3n) is 7.45. The first kappa shape index (κ1) is 28.0. The highest BCUT2D eigenvalue weighted by atomic mass is 35.5. The van der Waals surface area contributed by atoms with Gasteiger partial charge in [-0.15, -0.1) is 0 Å². The van der Waals surface area contributed by atoms with Crippen LogP contribution in [0.2, 0.25) is 5.02 Å². The Labute approximate surface area is 254 Å². The zero-order chi connectivity index (χ0) is 28.2. The number of nitrogens with zero attached hydrogens (tertiary/aromatic N) is 6. The number of halogens is 1. The van der Waals surface area contributed by atoms with Gasteiger partial charge in [0, 0.05) is 79.3 Å². The van der Waals surface area contributed by atoms with Crippen molar-refractivity contribution >= 4 is 63.1 Å². The maximum absolute atomic E-state index is 10.0. The molecule has 2 aliphatic heterocycles. The van der Waals surface area contributed by atoms with E-state index in [1.54, 1.807) is 12.4 Å². The monoisotopic (exact) mass is 605 g/mol. The number of pyridine rings is 1. The molecule has 0 saturated carbocycles. The van der Waals surface area contributed by atoms with Gasteiger partial charge in [-0.2, -0.15) is 17.0 Å². The van der Waals surface area contributed by atoms with Crippen LogP contribution in [0.1, 0.15) is 24.8 Å². The molecule has 0 unspecified atom stereocenters. The first-order valence-corrected chi connectivity index (χ1v) is 16.2. The van der Waals surface area contributed by atoms with Crippen molar-refractivity contribution in [3.63, 3.8) is 0 Å². The van der Waals surface area contributed by atoms with Crippen LogP contribution in [0.5, 0.6) is 5.75 Å². The van der Waals surface area contributed by atoms with Crippen molar-refractivity contribution < 1.29 is 4.74 Å². The number of anilines is 3. The number of hydrogen-bond donors (Lipinski definition) is 1. The standard InChI is InChI=1S/C30H32ClN7OS2/c1-36-10-7-33-30(36)41-28-6-5-22(15-24(28)31)35-29-21(18-32)19-34-25-17-26(38-8-3-2-4-9-38)27(16-23(25)29)39-20-37-11-13-40-14-12-37/h5-7,10,15-17,19H,2-4,8-9,11-14,20H2,1H3,(H,34,35). The Kier molecular flexibility index (Phi) is 8.77. The minimum absolute atomic E-state index is 0.463. The molecule has 2 aliphatic rings. The lowest BCUT2D eigenvalue weighted by atomic mass is 10.1. The van der Waals surface area contributed by atoms with E-state index in [2.05, 4.69) is 43.3 Å². The number of aromatic nitrogens is 3. The molecule has 212 valence electrons. The average Bonchev–Trinajstić information content (AvgIpc) is 3.42. The van der Waals surface area contributed by atoms with Crippen LogP contribution in [-0.2, 0) is 7.05 Å². The number of thioether (sulfide) groups is 1. The van der Waals surface area contributed by atoms with Crippen molar-refractivity contribution in [3.05, 3.63) is 59.5 Å². The van der Waals surface area contributed by atoms with Crippen LogP contribution in [0.25, 0.3) is 10.9 Å². The van der Waals surface area contributed by atoms with Gasteiger partial charge in [-0.25, -0.2) is 4.98 Å². The predicted molar refractivity (Wildman–Crippen MR) is 169 cm³/mol. The van der Waals surface area contributed by atoms with Crippen LogP contribution < -0.4 is 15.0 Å². The maximum atomic E-state index is 10.0. The quantitative estimate of drug-likeness (QED) is 0.234. The summed E-state index contributed by atoms with van der Waals surface area (Å²) in [6.07, 6.45) is 8.91. The van der Waals surface area contributed by atoms with Crippen molar-refractivity contribution in [1.82, 2.24) is 19.4 Å². The molecule has 0 radical (unpaired) electrons. The van der Waals surface area contributed by atoms with E-state index in [9.17, 15) is 5.26 Å². The van der Waals surface area contributed by atoms with Gasteiger partial charge in [0.15, 0.2) is 5.16 Å². The van der Waals surface area contributed by atoms with Crippen molar-refractivity contribution in [1.29, 1.82) is 5.26 Å². The Morgan fingerprint density at radius 3 is 2.66 bits per heavy atom. The Balaban J connectivity index is 1.34. The summed E-state index contributed by atoms with van der Waals surface area (Å²) in [7, 11) is 1.96. The van der Waals surface area contributed by atoms with E-state index in [-0.39, 0.29) is 0 Å². The van der Waals surface area contributed by atoms with E-state index >= 15 is 0 Å². The SMILES string of the molecule is Cn1ccnc1Sc1ccc(Nc2c(C#N)cnc3cc(N4CCCCC4)c(OCN4CCSCC4)cc23)cc1Cl. The first-order valence-electron chi connectivity index (χ1n) is 13.9. The highest BCUT2D eigenvalue weighted by molar-refractivity contribution is 7.99. The fraction of sp³-hybridized carbons (Fsp3) is 0.367. The molecular formula is C30H32ClN7OS2. The van der Waals surface area contributed by atoms with Gasteiger partial charge in [0.1, 0.15) is 18.5 Å². The molecule has 0 atom stereocenters. The zero-order valence-corrected chi connectivity index (χ0v) is 25.4. The number of fused-ring (bicyclic) bond motifs is 1. The number of piperidine rings is 1. The Hall–Kier alpha value is -3.10. The van der Waals surface area contributed by atoms with Gasteiger partial charge in [0.05, 0.1) is 27.5 Å². The molecule has 0 aliphatic carbocycles. The number of nitriles is 1. The Morgan fingerprint density at radius 1 is 1.10 bits per heavy atom. The number of imidazole rings is 1. The van der Waals surface area contributed by atoms with E-state index in [0.29, 0.717) is 23.0 Å². The van der Waals surface area contributed by atoms with Crippen LogP contribution in [-0.4, -0.2) is 63.9 Å². The molecule has 0 amide bonds. The number of ether oxygens (including phenoxy) is 1. The molecular weight excluding hydrogens is 574 g/mol. The molecule has 41 heavy (non-hydrogen) atoms. The molecule has 2 saturated heterocycles. The minimum atomic E-state index is 0.463. The fourth-order valence-electron chi connectivity index (χ4n) is 5.17. The van der Waals surface area contributed by atoms with Crippen molar-refractivity contribution in [2.75, 3.05) is 54.6 Å². The molecule has 2 fully saturated rings. The minimum Gasteiger partial charge on any atom is -0.476 e. The number of hydrogen-bond acceptors (Lipinski definition) is 9. The van der Waals surface area contributed by atoms with Crippen molar-refractivity contribution in [2.24, 2.45) is 7.05 Å². The van der Waals surface area contributed by atoms with Crippen LogP contribution >= 0.6 is 35.1 Å². The fourth-order valence-corrected chi connectivity index (χ4v) is 7.25. The van der Waals surface area contributed by atoms with Gasteiger partial charge >= 0.3 is 0 Å². The molecule has 0 bridgehead atoms. The predicted octanol–water partition coefficient (Wildman–Crippen LogP) is 6.76. The van der Waals surface area contributed by atoms with E-state index in [1.165, 1.54) is 31.0 Å². The van der Waals surface area contributed by atoms with Gasteiger partial charge in [0.25, 0.3) is 0 Å². The second-order valence-corrected chi connectivity index (χ2v) is 12.9. The molecule has 2 aromatic heterocycles. The molecule has 6 rings (SSSR count). The second-order valence-electron chi connectivity index (χ2n) is 10.2. The summed E-state index contributed by atoms with van der Waals surface area (Å²) in [6.45, 7) is 4.61. The lowest BCUT2D eigenvalue weighted by Gasteiger charge is -2.32. The smallest absolute Gasteiger partial charge is 0.172 e. The van der Waals surface area contributed by atoms with Crippen LogP contribution in [0.4, 0.5) is 17.1 Å². The van der Waals surface area contributed by atoms with E-state index in [0.717, 1.165) is 75.8 Å². The van der Waals surface area contributed by atoms with Gasteiger partial charge in [0.2, 0.25) is 0 Å². The summed E-state index contributed by atoms with van der Waals surface area (Å²) >= 11 is 10.2. The molecule has 8 nitrogen and oxygen atoms in total. The highest BCUT2D eigenvalue weighted by Gasteiger charge is 2.21. The van der Waals surface area contributed by atoms with E-state index < -0.39 is 0 Å². The van der Waals surface area contributed by atoms with Gasteiger partial charge in [-0.05, 0) is 49.6 Å². The maximum Gasteiger partial charge on any atom is 0.172 e. The molecule has 0 spiro atoms. The summed E-state index contributed by atoms with van der Waals surface area (Å²) in [5.41, 5.74) is 3.84. The Morgan fingerprint density at radius 2 is 1.93 bits per heavy atom. The van der Waals surface area contributed by atoms with Gasteiger partial charge < -0.3 is 19.5 Å². The third kappa shape index (κ3) is 6.38. The average molecular weight is 606 g/mol. The highest BCUT2D eigenvalue weighted by Crippen LogP contribution is 2.40. The lowest BCUT2D eigenvalue weighted by Crippen LogP contribution is -2.36. The van der Waals surface area contributed by atoms with Gasteiger partial charge in [-0.1, -0.05) is 23.4 Å². The van der Waals surface area contributed by atoms with E-state index in [1.807, 2.05) is 47.8 Å². The zero-order valence-electron chi connectivity index (χ0n) is 23.0. The van der Waals surface area contributed by atoms with Crippen molar-refractivity contribution in [3.8, 4) is 11.8 Å². The van der Waals surface area contributed by atoms with E-state index in [4.69, 9.17) is 16.3 Å². The lowest BCUT2D eigenvalue weighted by molar-refractivity contribution is 0.137. The topological polar surface area (TPSA) is 82.2 Å². The normalized spacial score (nSPS) is 16.1. The van der Waals surface area contributed by atoms with Crippen molar-refractivity contribution in [2.45, 2.75) is 29.3 Å². The summed E-state index contributed by atoms with van der Waals surface area (Å²) in [5, 5.41) is 15.8. The number of rotatable bonds is 8. The van der Waals surface area contributed by atoms with Crippen LogP contribution in [0.15, 0.2) is 59.0 Å². The molecule has 4 heterocycles. The summed E-state index contributed by atoms with van der Waals surface area (Å²) in [6, 6.07) is 12.3. The Bertz CT molecular complexity index is 1580. The molecule has 11 heteroatoms. The second kappa shape index (κ2) is 12.8. The summed E-state index contributed by atoms with van der Waals surface area (Å²) in [4.78, 5) is 14.7. The summed E-state index contributed by atoms with van der Waals surface area (Å²) < 4.78 is 8.47. The largest absolute Gasteiger partial charge is 0.476 e. The number of benzene rings is 2. The summed E-state index contributed by atoms with van der Waals surface area (Å²) in [5.74, 6) is 3.09. The van der Waals surface area contributed by atoms with Crippen LogP contribution in [0, 0.1) is 11.3 Å². The number of nitrogens with one attached hydrogen (secondary N) is 1. The molecule has 1 N–H and O–H groups in total. The third-order valence-corrected chi connectivity index (χ3v) is 9.97.